The number of likely N-dealkylation sites (tertiary alicyclic amines) is 1. The van der Waals surface area contributed by atoms with Gasteiger partial charge in [-0.25, -0.2) is 0 Å². The van der Waals surface area contributed by atoms with Crippen molar-refractivity contribution in [3.05, 3.63) is 35.4 Å². The van der Waals surface area contributed by atoms with Gasteiger partial charge in [-0.3, -0.25) is 19.3 Å². The van der Waals surface area contributed by atoms with E-state index in [4.69, 9.17) is 9.47 Å². The molecule has 0 saturated carbocycles. The van der Waals surface area contributed by atoms with Crippen molar-refractivity contribution in [3.8, 4) is 0 Å². The van der Waals surface area contributed by atoms with Gasteiger partial charge in [0, 0.05) is 25.9 Å². The van der Waals surface area contributed by atoms with Gasteiger partial charge in [-0.15, -0.1) is 0 Å². The highest BCUT2D eigenvalue weighted by molar-refractivity contribution is 6.22. The fraction of sp³-hybridized carbons (Fsp3) is 0.471. The van der Waals surface area contributed by atoms with Gasteiger partial charge in [-0.2, -0.15) is 0 Å². The molecule has 1 spiro atoms. The SMILES string of the molecule is O=C(CN1C(=O)c2ccccc2C1=O)N1CCC2(CC1)OCCO2. The number of benzene rings is 1. The van der Waals surface area contributed by atoms with Gasteiger partial charge >= 0.3 is 0 Å². The quantitative estimate of drug-likeness (QED) is 0.744. The fourth-order valence-corrected chi connectivity index (χ4v) is 3.50. The first kappa shape index (κ1) is 15.3. The predicted octanol–water partition coefficient (Wildman–Crippen LogP) is 0.648. The Bertz CT molecular complexity index is 666. The van der Waals surface area contributed by atoms with E-state index in [1.54, 1.807) is 29.2 Å². The minimum Gasteiger partial charge on any atom is -0.347 e. The average molecular weight is 330 g/mol. The van der Waals surface area contributed by atoms with Gasteiger partial charge in [0.25, 0.3) is 11.8 Å². The minimum atomic E-state index is -0.549. The molecule has 0 atom stereocenters. The molecule has 3 aliphatic heterocycles. The summed E-state index contributed by atoms with van der Waals surface area (Å²) in [4.78, 5) is 39.8. The second-order valence-electron chi connectivity index (χ2n) is 6.23. The Morgan fingerprint density at radius 3 is 2.08 bits per heavy atom. The molecule has 1 aromatic carbocycles. The van der Waals surface area contributed by atoms with E-state index in [2.05, 4.69) is 0 Å². The number of piperidine rings is 1. The highest BCUT2D eigenvalue weighted by Gasteiger charge is 2.42. The van der Waals surface area contributed by atoms with Gasteiger partial charge in [0.15, 0.2) is 5.79 Å². The first-order valence-electron chi connectivity index (χ1n) is 8.11. The summed E-state index contributed by atoms with van der Waals surface area (Å²) in [5.74, 6) is -1.58. The third-order valence-corrected chi connectivity index (χ3v) is 4.86. The van der Waals surface area contributed by atoms with Crippen LogP contribution in [0.3, 0.4) is 0 Å². The van der Waals surface area contributed by atoms with Gasteiger partial charge in [0.1, 0.15) is 6.54 Å². The van der Waals surface area contributed by atoms with E-state index in [1.807, 2.05) is 0 Å². The molecule has 3 heterocycles. The molecule has 0 aliphatic carbocycles. The molecule has 2 fully saturated rings. The van der Waals surface area contributed by atoms with Crippen molar-refractivity contribution < 1.29 is 23.9 Å². The van der Waals surface area contributed by atoms with Crippen LogP contribution in [0.4, 0.5) is 0 Å². The fourth-order valence-electron chi connectivity index (χ4n) is 3.50. The standard InChI is InChI=1S/C17H18N2O5/c20-14(18-7-5-17(6-8-18)23-9-10-24-17)11-19-15(21)12-3-1-2-4-13(12)16(19)22/h1-4H,5-11H2. The van der Waals surface area contributed by atoms with Crippen LogP contribution >= 0.6 is 0 Å². The van der Waals surface area contributed by atoms with Crippen LogP contribution < -0.4 is 0 Å². The molecular formula is C17H18N2O5. The molecule has 126 valence electrons. The number of ether oxygens (including phenoxy) is 2. The number of hydrogen-bond donors (Lipinski definition) is 0. The van der Waals surface area contributed by atoms with Crippen molar-refractivity contribution in [1.29, 1.82) is 0 Å². The number of nitrogens with zero attached hydrogens (tertiary/aromatic N) is 2. The van der Waals surface area contributed by atoms with Gasteiger partial charge < -0.3 is 14.4 Å². The monoisotopic (exact) mass is 330 g/mol. The largest absolute Gasteiger partial charge is 0.347 e. The Balaban J connectivity index is 1.41. The second kappa shape index (κ2) is 5.68. The lowest BCUT2D eigenvalue weighted by molar-refractivity contribution is -0.187. The Kier molecular flexibility index (Phi) is 3.62. The van der Waals surface area contributed by atoms with E-state index >= 15 is 0 Å². The molecule has 0 N–H and O–H groups in total. The van der Waals surface area contributed by atoms with E-state index in [0.29, 0.717) is 50.3 Å². The Hall–Kier alpha value is -2.25. The van der Waals surface area contributed by atoms with E-state index < -0.39 is 17.6 Å². The minimum absolute atomic E-state index is 0.221. The Morgan fingerprint density at radius 1 is 1.00 bits per heavy atom. The normalized spacial score (nSPS) is 22.3. The summed E-state index contributed by atoms with van der Waals surface area (Å²) >= 11 is 0. The smallest absolute Gasteiger partial charge is 0.262 e. The Labute approximate surface area is 139 Å². The number of fused-ring (bicyclic) bond motifs is 1. The molecule has 3 amide bonds. The lowest BCUT2D eigenvalue weighted by Crippen LogP contribution is -2.50. The van der Waals surface area contributed by atoms with Crippen LogP contribution in [-0.2, 0) is 14.3 Å². The van der Waals surface area contributed by atoms with Crippen LogP contribution in [0.1, 0.15) is 33.6 Å². The summed E-state index contributed by atoms with van der Waals surface area (Å²) in [7, 11) is 0. The second-order valence-corrected chi connectivity index (χ2v) is 6.23. The number of carbonyl (C=O) groups excluding carboxylic acids is 3. The van der Waals surface area contributed by atoms with Crippen LogP contribution in [-0.4, -0.2) is 66.2 Å². The molecule has 24 heavy (non-hydrogen) atoms. The van der Waals surface area contributed by atoms with Crippen molar-refractivity contribution in [2.45, 2.75) is 18.6 Å². The number of imide groups is 1. The zero-order chi connectivity index (χ0) is 16.7. The van der Waals surface area contributed by atoms with E-state index in [9.17, 15) is 14.4 Å². The predicted molar refractivity (Wildman–Crippen MR) is 82.3 cm³/mol. The zero-order valence-corrected chi connectivity index (χ0v) is 13.2. The molecule has 7 nitrogen and oxygen atoms in total. The molecule has 3 aliphatic rings. The maximum absolute atomic E-state index is 12.5. The highest BCUT2D eigenvalue weighted by Crippen LogP contribution is 2.31. The van der Waals surface area contributed by atoms with Crippen LogP contribution in [0.5, 0.6) is 0 Å². The number of rotatable bonds is 2. The summed E-state index contributed by atoms with van der Waals surface area (Å²) in [5.41, 5.74) is 0.723. The lowest BCUT2D eigenvalue weighted by Gasteiger charge is -2.37. The molecule has 1 aromatic rings. The van der Waals surface area contributed by atoms with Gasteiger partial charge in [-0.1, -0.05) is 12.1 Å². The van der Waals surface area contributed by atoms with Crippen molar-refractivity contribution in [2.75, 3.05) is 32.8 Å². The average Bonchev–Trinajstić information content (AvgIpc) is 3.15. The van der Waals surface area contributed by atoms with E-state index in [1.165, 1.54) is 0 Å². The maximum atomic E-state index is 12.5. The van der Waals surface area contributed by atoms with Crippen LogP contribution in [0.25, 0.3) is 0 Å². The van der Waals surface area contributed by atoms with Crippen molar-refractivity contribution in [2.24, 2.45) is 0 Å². The topological polar surface area (TPSA) is 76.2 Å². The molecule has 4 rings (SSSR count). The summed E-state index contributed by atoms with van der Waals surface area (Å²) in [6, 6.07) is 6.64. The molecule has 0 radical (unpaired) electrons. The maximum Gasteiger partial charge on any atom is 0.262 e. The van der Waals surface area contributed by atoms with Gasteiger partial charge in [-0.05, 0) is 12.1 Å². The number of carbonyl (C=O) groups is 3. The van der Waals surface area contributed by atoms with Crippen molar-refractivity contribution >= 4 is 17.7 Å². The summed E-state index contributed by atoms with van der Waals surface area (Å²) in [6.07, 6.45) is 1.22. The first-order chi connectivity index (χ1) is 11.6. The van der Waals surface area contributed by atoms with Crippen LogP contribution in [0.15, 0.2) is 24.3 Å². The van der Waals surface area contributed by atoms with Crippen LogP contribution in [0.2, 0.25) is 0 Å². The van der Waals surface area contributed by atoms with E-state index in [0.717, 1.165) is 4.90 Å². The van der Waals surface area contributed by atoms with Crippen molar-refractivity contribution in [1.82, 2.24) is 9.80 Å². The zero-order valence-electron chi connectivity index (χ0n) is 13.2. The van der Waals surface area contributed by atoms with Crippen molar-refractivity contribution in [3.63, 3.8) is 0 Å². The lowest BCUT2D eigenvalue weighted by atomic mass is 10.0. The summed E-state index contributed by atoms with van der Waals surface area (Å²) < 4.78 is 11.3. The summed E-state index contributed by atoms with van der Waals surface area (Å²) in [5, 5.41) is 0. The van der Waals surface area contributed by atoms with E-state index in [-0.39, 0.29) is 12.5 Å². The molecular weight excluding hydrogens is 312 g/mol. The van der Waals surface area contributed by atoms with Gasteiger partial charge in [0.05, 0.1) is 24.3 Å². The highest BCUT2D eigenvalue weighted by atomic mass is 16.7. The summed E-state index contributed by atoms with van der Waals surface area (Å²) in [6.45, 7) is 1.96. The van der Waals surface area contributed by atoms with Gasteiger partial charge in [0.2, 0.25) is 5.91 Å². The third-order valence-electron chi connectivity index (χ3n) is 4.86. The number of amides is 3. The van der Waals surface area contributed by atoms with Crippen LogP contribution in [0, 0.1) is 0 Å². The molecule has 2 saturated heterocycles. The molecule has 0 unspecified atom stereocenters. The molecule has 7 heteroatoms. The third kappa shape index (κ3) is 2.40. The Morgan fingerprint density at radius 2 is 1.54 bits per heavy atom. The molecule has 0 bridgehead atoms. The number of hydrogen-bond acceptors (Lipinski definition) is 5. The first-order valence-corrected chi connectivity index (χ1v) is 8.11. The molecule has 0 aromatic heterocycles.